The second kappa shape index (κ2) is 22.4. The van der Waals surface area contributed by atoms with E-state index in [1.54, 1.807) is 0 Å². The highest BCUT2D eigenvalue weighted by Gasteiger charge is 2.58. The molecule has 0 N–H and O–H groups in total. The zero-order valence-corrected chi connectivity index (χ0v) is 60.2. The van der Waals surface area contributed by atoms with Crippen molar-refractivity contribution in [1.29, 1.82) is 0 Å². The number of para-hydroxylation sites is 2. The third-order valence-electron chi connectivity index (χ3n) is 25.6. The molecular weight excluding hydrogens is 1350 g/mol. The highest BCUT2D eigenvalue weighted by atomic mass is 16.3. The van der Waals surface area contributed by atoms with Gasteiger partial charge in [-0.05, 0) is 235 Å². The quantitative estimate of drug-likeness (QED) is 0.152. The first kappa shape index (κ1) is 60.8. The largest absolute Gasteiger partial charge is 0.459 e. The fraction of sp³-hybridized carbons (Fsp3) is 0.0280. The molecule has 3 unspecified atom stereocenters. The Balaban J connectivity index is 0.643. The van der Waals surface area contributed by atoms with E-state index in [1.165, 1.54) is 144 Å². The zero-order chi connectivity index (χ0) is 72.4. The van der Waals surface area contributed by atoms with Crippen LogP contribution >= 0.6 is 0 Å². The molecule has 0 amide bonds. The van der Waals surface area contributed by atoms with E-state index in [0.29, 0.717) is 0 Å². The molecule has 0 radical (unpaired) electrons. The van der Waals surface area contributed by atoms with Crippen molar-refractivity contribution >= 4 is 66.8 Å². The van der Waals surface area contributed by atoms with Crippen LogP contribution in [0.3, 0.4) is 0 Å². The van der Waals surface area contributed by atoms with Crippen molar-refractivity contribution in [2.75, 3.05) is 9.80 Å². The second-order valence-electron chi connectivity index (χ2n) is 30.7. The minimum absolute atomic E-state index is 0.671. The van der Waals surface area contributed by atoms with Crippen molar-refractivity contribution in [1.82, 2.24) is 0 Å². The zero-order valence-electron chi connectivity index (χ0n) is 60.2. The van der Waals surface area contributed by atoms with Gasteiger partial charge >= 0.3 is 0 Å². The van der Waals surface area contributed by atoms with Crippen molar-refractivity contribution in [3.05, 3.63) is 455 Å². The van der Waals surface area contributed by atoms with Gasteiger partial charge in [0.05, 0.1) is 5.41 Å². The predicted molar refractivity (Wildman–Crippen MR) is 453 cm³/mol. The Morgan fingerprint density at radius 1 is 0.180 bits per heavy atom. The summed E-state index contributed by atoms with van der Waals surface area (Å²) in [5.74, 6) is 1.95. The van der Waals surface area contributed by atoms with Crippen LogP contribution in [0.4, 0.5) is 34.1 Å². The molecule has 0 bridgehead atoms. The maximum Gasteiger partial charge on any atom is 0.135 e. The van der Waals surface area contributed by atoms with Crippen LogP contribution in [0, 0.1) is 0 Å². The molecule has 514 valence electrons. The van der Waals surface area contributed by atoms with E-state index < -0.39 is 16.2 Å². The first-order valence-corrected chi connectivity index (χ1v) is 38.6. The molecule has 4 nitrogen and oxygen atoms in total. The highest BCUT2D eigenvalue weighted by Crippen LogP contribution is 2.69. The van der Waals surface area contributed by atoms with Gasteiger partial charge in [-0.25, -0.2) is 0 Å². The van der Waals surface area contributed by atoms with E-state index in [1.807, 2.05) is 0 Å². The summed E-state index contributed by atoms with van der Waals surface area (Å²) in [6, 6.07) is 145. The highest BCUT2D eigenvalue weighted by molar-refractivity contribution is 6.09. The van der Waals surface area contributed by atoms with Gasteiger partial charge in [0.1, 0.15) is 33.5 Å². The molecule has 0 fully saturated rings. The maximum absolute atomic E-state index is 7.79. The number of fused-ring (bicyclic) bond motifs is 35. The van der Waals surface area contributed by atoms with Gasteiger partial charge in [0, 0.05) is 56.0 Å². The number of rotatable bonds is 8. The fourth-order valence-corrected chi connectivity index (χ4v) is 21.3. The van der Waals surface area contributed by atoms with E-state index in [4.69, 9.17) is 8.83 Å². The lowest BCUT2D eigenvalue weighted by Crippen LogP contribution is -2.26. The van der Waals surface area contributed by atoms with Crippen LogP contribution in [0.25, 0.3) is 122 Å². The Kier molecular flexibility index (Phi) is 12.3. The molecule has 17 aromatic carbocycles. The molecular formula is C107H64N2O2. The van der Waals surface area contributed by atoms with Gasteiger partial charge in [-0.15, -0.1) is 0 Å². The van der Waals surface area contributed by atoms with Gasteiger partial charge in [0.15, 0.2) is 0 Å². The molecule has 3 atom stereocenters. The Hall–Kier alpha value is -14.3. The van der Waals surface area contributed by atoms with Crippen LogP contribution in [0.15, 0.2) is 397 Å². The molecule has 0 saturated heterocycles. The van der Waals surface area contributed by atoms with Gasteiger partial charge < -0.3 is 18.6 Å². The molecule has 6 aliphatic carbocycles. The monoisotopic (exact) mass is 1410 g/mol. The van der Waals surface area contributed by atoms with Gasteiger partial charge in [-0.3, -0.25) is 0 Å². The summed E-state index contributed by atoms with van der Waals surface area (Å²) in [5, 5.41) is 4.65. The van der Waals surface area contributed by atoms with Crippen LogP contribution in [-0.4, -0.2) is 0 Å². The number of nitrogens with zero attached hydrogens (tertiary/aromatic N) is 2. The van der Waals surface area contributed by atoms with Gasteiger partial charge in [-0.2, -0.15) is 0 Å². The van der Waals surface area contributed by atoms with Crippen molar-refractivity contribution in [3.63, 3.8) is 0 Å². The van der Waals surface area contributed by atoms with E-state index in [9.17, 15) is 0 Å². The normalized spacial score (nSPS) is 16.8. The van der Waals surface area contributed by atoms with Gasteiger partial charge in [-0.1, -0.05) is 297 Å². The molecule has 3 spiro atoms. The van der Waals surface area contributed by atoms with Crippen LogP contribution in [0.5, 0.6) is 0 Å². The molecule has 6 aliphatic rings. The SMILES string of the molecule is c1ccc(-c2ccc(N(c3ccc4c(c3)-c3ccccc3C43c4ccccc4-c4c3oc3cc(-c5cccc6c5-c5ccccc5C65c6ccccc6-c6ccc(N(c7ccccc7)c7ccc8c(c7)C7(c9ccccc9-8)c8ccccc8-c8c7oc7ccccc87)cc65)ccc43)c3ccc4ccccc4c3)cc2)cc1. The van der Waals surface area contributed by atoms with Crippen LogP contribution in [0.1, 0.15) is 67.2 Å². The average Bonchev–Trinajstić information content (AvgIpc) is 1.51. The van der Waals surface area contributed by atoms with E-state index in [0.717, 1.165) is 78.7 Å². The summed E-state index contributed by atoms with van der Waals surface area (Å²) in [7, 11) is 0. The first-order valence-electron chi connectivity index (χ1n) is 38.6. The molecule has 2 heterocycles. The number of hydrogen-bond acceptors (Lipinski definition) is 4. The molecule has 19 aromatic rings. The number of furan rings is 2. The molecule has 2 aromatic heterocycles. The lowest BCUT2D eigenvalue weighted by Gasteiger charge is -2.33. The molecule has 0 saturated carbocycles. The summed E-state index contributed by atoms with van der Waals surface area (Å²) in [4.78, 5) is 4.91. The summed E-state index contributed by atoms with van der Waals surface area (Å²) < 4.78 is 15.0. The first-order chi connectivity index (χ1) is 55.0. The number of benzene rings is 17. The summed E-state index contributed by atoms with van der Waals surface area (Å²) in [5.41, 5.74) is 37.9. The smallest absolute Gasteiger partial charge is 0.135 e. The van der Waals surface area contributed by atoms with Crippen molar-refractivity contribution in [2.24, 2.45) is 0 Å². The maximum atomic E-state index is 7.79. The average molecular weight is 1410 g/mol. The fourth-order valence-electron chi connectivity index (χ4n) is 21.3. The minimum Gasteiger partial charge on any atom is -0.459 e. The van der Waals surface area contributed by atoms with Crippen LogP contribution in [-0.2, 0) is 16.2 Å². The second-order valence-corrected chi connectivity index (χ2v) is 30.7. The van der Waals surface area contributed by atoms with Gasteiger partial charge in [0.2, 0.25) is 0 Å². The Bertz CT molecular complexity index is 7240. The third-order valence-corrected chi connectivity index (χ3v) is 25.6. The molecule has 25 rings (SSSR count). The molecule has 111 heavy (non-hydrogen) atoms. The lowest BCUT2D eigenvalue weighted by atomic mass is 9.70. The number of hydrogen-bond donors (Lipinski definition) is 0. The van der Waals surface area contributed by atoms with Crippen LogP contribution < -0.4 is 9.80 Å². The van der Waals surface area contributed by atoms with Crippen LogP contribution in [0.2, 0.25) is 0 Å². The predicted octanol–water partition coefficient (Wildman–Crippen LogP) is 27.6. The van der Waals surface area contributed by atoms with Crippen molar-refractivity contribution < 1.29 is 8.83 Å². The topological polar surface area (TPSA) is 32.8 Å². The Labute approximate surface area is 642 Å². The molecule has 0 aliphatic heterocycles. The summed E-state index contributed by atoms with van der Waals surface area (Å²) in [6.07, 6.45) is 0. The Morgan fingerprint density at radius 3 is 1.22 bits per heavy atom. The minimum atomic E-state index is -0.728. The van der Waals surface area contributed by atoms with E-state index >= 15 is 0 Å². The third kappa shape index (κ3) is 7.87. The van der Waals surface area contributed by atoms with Crippen molar-refractivity contribution in [3.8, 4) is 89.0 Å². The number of anilines is 6. The summed E-state index contributed by atoms with van der Waals surface area (Å²) >= 11 is 0. The lowest BCUT2D eigenvalue weighted by molar-refractivity contribution is 0.506. The van der Waals surface area contributed by atoms with Crippen molar-refractivity contribution in [2.45, 2.75) is 16.2 Å². The summed E-state index contributed by atoms with van der Waals surface area (Å²) in [6.45, 7) is 0. The Morgan fingerprint density at radius 2 is 0.568 bits per heavy atom. The van der Waals surface area contributed by atoms with E-state index in [2.05, 4.69) is 398 Å². The standard InChI is InChI=1S/C107H64N2O2/c1-3-24-65(25-4-1)67-46-50-71(51-47-67)109(72-52-48-66-26-7-8-27-68(66)60-72)73-55-59-94-87(62-73)79-32-11-18-40-90(79)106(94)92-42-20-13-34-83(92)102-86-56-49-69(61-99(86)111-103(102)106)76-37-23-44-95-100(76)82-33-12-19-41-91(82)105(95)88-38-16-9-30-77(88)80-57-53-74(63-96(80)105)108(70-28-5-2-6-29-70)75-54-58-81-78-31-10-17-39-89(78)107(97(81)64-75)93-43-21-14-35-84(93)101-85-36-15-22-45-98(85)110-104(101)107/h1-64H. The molecule has 4 heteroatoms. The van der Waals surface area contributed by atoms with Gasteiger partial charge in [0.25, 0.3) is 0 Å². The van der Waals surface area contributed by atoms with E-state index in [-0.39, 0.29) is 0 Å².